The van der Waals surface area contributed by atoms with Gasteiger partial charge in [0.2, 0.25) is 5.88 Å². The number of ether oxygens (including phenoxy) is 2. The van der Waals surface area contributed by atoms with Crippen LogP contribution >= 0.6 is 0 Å². The van der Waals surface area contributed by atoms with E-state index in [2.05, 4.69) is 9.47 Å². The number of carbonyl (C=O) groups excluding carboxylic acids is 1. The fourth-order valence-corrected chi connectivity index (χ4v) is 1.24. The second-order valence-electron chi connectivity index (χ2n) is 3.27. The zero-order valence-electron chi connectivity index (χ0n) is 9.55. The van der Waals surface area contributed by atoms with Crippen molar-refractivity contribution in [2.45, 2.75) is 20.2 Å². The molecule has 1 heterocycles. The number of carbonyl (C=O) groups is 1. The van der Waals surface area contributed by atoms with Gasteiger partial charge in [-0.25, -0.2) is 4.79 Å². The second kappa shape index (κ2) is 5.11. The fraction of sp³-hybridized carbons (Fsp3) is 0.400. The smallest absolute Gasteiger partial charge is 0.462 e. The van der Waals surface area contributed by atoms with Crippen molar-refractivity contribution in [2.24, 2.45) is 0 Å². The van der Waals surface area contributed by atoms with Crippen molar-refractivity contribution in [3.8, 4) is 5.88 Å². The van der Waals surface area contributed by atoms with Crippen molar-refractivity contribution in [2.75, 3.05) is 6.61 Å². The normalized spacial score (nSPS) is 11.2. The number of alkyl halides is 3. The van der Waals surface area contributed by atoms with E-state index in [0.717, 1.165) is 6.07 Å². The summed E-state index contributed by atoms with van der Waals surface area (Å²) in [4.78, 5) is 24.4. The lowest BCUT2D eigenvalue weighted by Crippen LogP contribution is -2.23. The summed E-state index contributed by atoms with van der Waals surface area (Å²) < 4.78 is 44.5. The van der Waals surface area contributed by atoms with Gasteiger partial charge >= 0.3 is 12.3 Å². The molecule has 0 aromatic carbocycles. The molecule has 0 radical (unpaired) electrons. The number of esters is 1. The Kier molecular flexibility index (Phi) is 4.00. The Balaban J connectivity index is 3.22. The first-order chi connectivity index (χ1) is 8.24. The summed E-state index contributed by atoms with van der Waals surface area (Å²) in [6.45, 7) is 2.79. The Morgan fingerprint density at radius 1 is 1.44 bits per heavy atom. The topological polar surface area (TPSA) is 68.4 Å². The van der Waals surface area contributed by atoms with E-state index in [-0.39, 0.29) is 17.7 Å². The Hall–Kier alpha value is -1.99. The molecule has 1 aromatic rings. The van der Waals surface area contributed by atoms with Crippen LogP contribution in [-0.2, 0) is 4.74 Å². The molecule has 5 nitrogen and oxygen atoms in total. The van der Waals surface area contributed by atoms with Crippen LogP contribution in [0.3, 0.4) is 0 Å². The summed E-state index contributed by atoms with van der Waals surface area (Å²) in [5.74, 6) is -1.70. The number of hydrogen-bond acceptors (Lipinski definition) is 4. The first-order valence-corrected chi connectivity index (χ1v) is 4.91. The number of aromatic nitrogens is 1. The van der Waals surface area contributed by atoms with Gasteiger partial charge in [-0.3, -0.25) is 9.78 Å². The van der Waals surface area contributed by atoms with Crippen LogP contribution < -0.4 is 10.3 Å². The van der Waals surface area contributed by atoms with Crippen molar-refractivity contribution in [1.82, 2.24) is 4.98 Å². The van der Waals surface area contributed by atoms with Gasteiger partial charge in [0, 0.05) is 11.6 Å². The maximum atomic E-state index is 12.1. The molecule has 0 fully saturated rings. The average molecular weight is 265 g/mol. The number of pyridine rings is 1. The summed E-state index contributed by atoms with van der Waals surface area (Å²) >= 11 is 0. The summed E-state index contributed by atoms with van der Waals surface area (Å²) in [6, 6.07) is 0.858. The Morgan fingerprint density at radius 2 is 2.06 bits per heavy atom. The van der Waals surface area contributed by atoms with Crippen LogP contribution in [0.15, 0.2) is 10.9 Å². The quantitative estimate of drug-likeness (QED) is 0.845. The maximum absolute atomic E-state index is 12.1. The van der Waals surface area contributed by atoms with E-state index >= 15 is 0 Å². The van der Waals surface area contributed by atoms with Crippen LogP contribution in [0.5, 0.6) is 5.88 Å². The third-order valence-corrected chi connectivity index (χ3v) is 1.97. The van der Waals surface area contributed by atoms with E-state index in [1.165, 1.54) is 13.8 Å². The molecule has 0 amide bonds. The first kappa shape index (κ1) is 14.1. The first-order valence-electron chi connectivity index (χ1n) is 4.91. The summed E-state index contributed by atoms with van der Waals surface area (Å²) in [5, 5.41) is 0. The largest absolute Gasteiger partial charge is 0.574 e. The molecular formula is C10H10F3NO4. The van der Waals surface area contributed by atoms with Crippen molar-refractivity contribution >= 4 is 5.97 Å². The standard InChI is InChI=1S/C10H10F3NO4/c1-3-17-9(16)6-4-7(15)14-8(5(6)2)18-10(11,12)13/h4H,3H2,1-2H3,(H,14,15). The molecule has 1 aromatic heterocycles. The Bertz CT molecular complexity index is 507. The molecule has 100 valence electrons. The van der Waals surface area contributed by atoms with E-state index < -0.39 is 23.8 Å². The van der Waals surface area contributed by atoms with Gasteiger partial charge in [0.15, 0.2) is 0 Å². The molecule has 18 heavy (non-hydrogen) atoms. The summed E-state index contributed by atoms with van der Waals surface area (Å²) in [7, 11) is 0. The highest BCUT2D eigenvalue weighted by atomic mass is 19.4. The molecule has 0 spiro atoms. The van der Waals surface area contributed by atoms with Gasteiger partial charge in [-0.2, -0.15) is 0 Å². The van der Waals surface area contributed by atoms with Crippen molar-refractivity contribution in [3.05, 3.63) is 27.5 Å². The van der Waals surface area contributed by atoms with Gasteiger partial charge < -0.3 is 9.47 Å². The van der Waals surface area contributed by atoms with Crippen LogP contribution in [0, 0.1) is 6.92 Å². The van der Waals surface area contributed by atoms with Crippen molar-refractivity contribution in [3.63, 3.8) is 0 Å². The predicted octanol–water partition coefficient (Wildman–Crippen LogP) is 1.76. The van der Waals surface area contributed by atoms with E-state index in [9.17, 15) is 22.8 Å². The molecule has 0 atom stereocenters. The SMILES string of the molecule is CCOC(=O)c1cc(=O)[nH]c(OC(F)(F)F)c1C. The van der Waals surface area contributed by atoms with E-state index in [1.54, 1.807) is 0 Å². The lowest BCUT2D eigenvalue weighted by molar-refractivity contribution is -0.276. The molecule has 0 bridgehead atoms. The Labute approximate surface area is 99.5 Å². The molecule has 0 aliphatic rings. The minimum Gasteiger partial charge on any atom is -0.462 e. The lowest BCUT2D eigenvalue weighted by Gasteiger charge is -2.12. The minimum atomic E-state index is -4.96. The Morgan fingerprint density at radius 3 is 2.56 bits per heavy atom. The van der Waals surface area contributed by atoms with E-state index in [0.29, 0.717) is 0 Å². The molecule has 1 N–H and O–H groups in total. The third-order valence-electron chi connectivity index (χ3n) is 1.97. The van der Waals surface area contributed by atoms with Crippen LogP contribution in [0.2, 0.25) is 0 Å². The highest BCUT2D eigenvalue weighted by Gasteiger charge is 2.33. The fourth-order valence-electron chi connectivity index (χ4n) is 1.24. The second-order valence-corrected chi connectivity index (χ2v) is 3.27. The monoisotopic (exact) mass is 265 g/mol. The van der Waals surface area contributed by atoms with Gasteiger partial charge in [0.25, 0.3) is 5.56 Å². The number of H-pyrrole nitrogens is 1. The average Bonchev–Trinajstić information content (AvgIpc) is 2.21. The summed E-state index contributed by atoms with van der Waals surface area (Å²) in [5.41, 5.74) is -1.30. The molecular weight excluding hydrogens is 255 g/mol. The van der Waals surface area contributed by atoms with Gasteiger partial charge in [-0.1, -0.05) is 0 Å². The zero-order valence-corrected chi connectivity index (χ0v) is 9.55. The maximum Gasteiger partial charge on any atom is 0.574 e. The van der Waals surface area contributed by atoms with Crippen LogP contribution in [0.25, 0.3) is 0 Å². The van der Waals surface area contributed by atoms with Crippen molar-refractivity contribution < 1.29 is 27.4 Å². The number of halogens is 3. The third kappa shape index (κ3) is 3.51. The van der Waals surface area contributed by atoms with E-state index in [4.69, 9.17) is 0 Å². The number of hydrogen-bond donors (Lipinski definition) is 1. The van der Waals surface area contributed by atoms with Gasteiger partial charge in [-0.15, -0.1) is 13.2 Å². The van der Waals surface area contributed by atoms with Crippen LogP contribution in [0.4, 0.5) is 13.2 Å². The van der Waals surface area contributed by atoms with Crippen LogP contribution in [0.1, 0.15) is 22.8 Å². The molecule has 0 aliphatic heterocycles. The minimum absolute atomic E-state index is 0.0422. The molecule has 0 saturated heterocycles. The van der Waals surface area contributed by atoms with Gasteiger partial charge in [0.1, 0.15) is 0 Å². The number of aromatic amines is 1. The zero-order chi connectivity index (χ0) is 13.9. The van der Waals surface area contributed by atoms with Crippen molar-refractivity contribution in [1.29, 1.82) is 0 Å². The highest BCUT2D eigenvalue weighted by Crippen LogP contribution is 2.24. The molecule has 1 rings (SSSR count). The van der Waals surface area contributed by atoms with Gasteiger partial charge in [0.05, 0.1) is 12.2 Å². The number of nitrogens with one attached hydrogen (secondary N) is 1. The highest BCUT2D eigenvalue weighted by molar-refractivity contribution is 5.91. The summed E-state index contributed by atoms with van der Waals surface area (Å²) in [6.07, 6.45) is -4.96. The molecule has 0 saturated carbocycles. The molecule has 0 unspecified atom stereocenters. The number of rotatable bonds is 3. The van der Waals surface area contributed by atoms with Gasteiger partial charge in [-0.05, 0) is 13.8 Å². The predicted molar refractivity (Wildman–Crippen MR) is 54.4 cm³/mol. The molecule has 8 heteroatoms. The van der Waals surface area contributed by atoms with E-state index in [1.807, 2.05) is 4.98 Å². The van der Waals surface area contributed by atoms with Crippen LogP contribution in [-0.4, -0.2) is 23.9 Å². The lowest BCUT2D eigenvalue weighted by atomic mass is 10.1. The molecule has 0 aliphatic carbocycles.